The maximum atomic E-state index is 13.4. The summed E-state index contributed by atoms with van der Waals surface area (Å²) < 4.78 is 36.5. The van der Waals surface area contributed by atoms with Crippen LogP contribution in [-0.2, 0) is 9.53 Å². The second-order valence-electron chi connectivity index (χ2n) is 4.42. The molecular weight excluding hydrogens is 308 g/mol. The third-order valence-electron chi connectivity index (χ3n) is 2.88. The van der Waals surface area contributed by atoms with Gasteiger partial charge in [0.05, 0.1) is 12.8 Å². The molecule has 0 saturated carbocycles. The number of carbonyl (C=O) groups excluding carboxylic acids is 2. The molecule has 23 heavy (non-hydrogen) atoms. The Kier molecular flexibility index (Phi) is 5.24. The van der Waals surface area contributed by atoms with Gasteiger partial charge in [0.2, 0.25) is 0 Å². The molecule has 0 aliphatic heterocycles. The lowest BCUT2D eigenvalue weighted by atomic mass is 10.2. The summed E-state index contributed by atoms with van der Waals surface area (Å²) in [6, 6.07) is 9.60. The zero-order valence-corrected chi connectivity index (χ0v) is 12.1. The van der Waals surface area contributed by atoms with Gasteiger partial charge in [-0.1, -0.05) is 18.2 Å². The minimum absolute atomic E-state index is 0.383. The molecular formula is C16H13F2NO4. The first-order valence-electron chi connectivity index (χ1n) is 6.57. The third-order valence-corrected chi connectivity index (χ3v) is 2.88. The summed E-state index contributed by atoms with van der Waals surface area (Å²) in [5.74, 6) is -3.61. The van der Waals surface area contributed by atoms with E-state index in [0.717, 1.165) is 18.2 Å². The molecule has 2 aromatic carbocycles. The molecule has 0 heterocycles. The molecule has 2 rings (SSSR count). The molecule has 0 aromatic heterocycles. The van der Waals surface area contributed by atoms with E-state index in [0.29, 0.717) is 11.4 Å². The van der Waals surface area contributed by atoms with E-state index in [2.05, 4.69) is 10.1 Å². The van der Waals surface area contributed by atoms with E-state index in [1.165, 1.54) is 7.11 Å². The number of methoxy groups -OCH3 is 1. The van der Waals surface area contributed by atoms with E-state index in [4.69, 9.17) is 4.74 Å². The number of esters is 1. The van der Waals surface area contributed by atoms with Crippen LogP contribution in [0.5, 0.6) is 5.75 Å². The molecule has 5 nitrogen and oxygen atoms in total. The van der Waals surface area contributed by atoms with Crippen LogP contribution in [0.1, 0.15) is 10.4 Å². The number of hydrogen-bond acceptors (Lipinski definition) is 4. The lowest BCUT2D eigenvalue weighted by molar-refractivity contribution is -0.119. The van der Waals surface area contributed by atoms with Gasteiger partial charge < -0.3 is 14.8 Å². The van der Waals surface area contributed by atoms with Crippen molar-refractivity contribution in [2.45, 2.75) is 0 Å². The summed E-state index contributed by atoms with van der Waals surface area (Å²) in [6.45, 7) is -0.690. The van der Waals surface area contributed by atoms with Crippen molar-refractivity contribution in [3.8, 4) is 5.75 Å². The van der Waals surface area contributed by atoms with E-state index < -0.39 is 35.7 Å². The van der Waals surface area contributed by atoms with Gasteiger partial charge >= 0.3 is 5.97 Å². The van der Waals surface area contributed by atoms with Crippen molar-refractivity contribution in [2.75, 3.05) is 19.0 Å². The first-order valence-corrected chi connectivity index (χ1v) is 6.57. The smallest absolute Gasteiger partial charge is 0.344 e. The molecule has 0 fully saturated rings. The zero-order chi connectivity index (χ0) is 16.8. The first kappa shape index (κ1) is 16.4. The highest BCUT2D eigenvalue weighted by Gasteiger charge is 2.19. The van der Waals surface area contributed by atoms with Crippen LogP contribution < -0.4 is 10.1 Å². The normalized spacial score (nSPS) is 10.0. The third kappa shape index (κ3) is 4.03. The summed E-state index contributed by atoms with van der Waals surface area (Å²) in [5, 5.41) is 2.47. The maximum Gasteiger partial charge on any atom is 0.344 e. The average molecular weight is 321 g/mol. The van der Waals surface area contributed by atoms with Crippen molar-refractivity contribution in [2.24, 2.45) is 0 Å². The van der Waals surface area contributed by atoms with Gasteiger partial charge in [-0.3, -0.25) is 4.79 Å². The molecule has 0 spiro atoms. The van der Waals surface area contributed by atoms with E-state index >= 15 is 0 Å². The quantitative estimate of drug-likeness (QED) is 0.860. The van der Waals surface area contributed by atoms with Crippen molar-refractivity contribution in [1.29, 1.82) is 0 Å². The number of benzene rings is 2. The molecule has 1 amide bonds. The van der Waals surface area contributed by atoms with Crippen molar-refractivity contribution < 1.29 is 27.8 Å². The van der Waals surface area contributed by atoms with Crippen LogP contribution in [0.15, 0.2) is 42.5 Å². The second-order valence-corrected chi connectivity index (χ2v) is 4.42. The van der Waals surface area contributed by atoms with Crippen LogP contribution >= 0.6 is 0 Å². The lowest BCUT2D eigenvalue weighted by Crippen LogP contribution is -2.22. The lowest BCUT2D eigenvalue weighted by Gasteiger charge is -2.10. The van der Waals surface area contributed by atoms with Crippen LogP contribution in [0.4, 0.5) is 14.5 Å². The first-order chi connectivity index (χ1) is 11.0. The Balaban J connectivity index is 1.98. The Morgan fingerprint density at radius 1 is 1.04 bits per heavy atom. The molecule has 0 radical (unpaired) electrons. The maximum absolute atomic E-state index is 13.4. The monoisotopic (exact) mass is 321 g/mol. The Bertz CT molecular complexity index is 714. The van der Waals surface area contributed by atoms with Gasteiger partial charge in [0.25, 0.3) is 5.91 Å². The van der Waals surface area contributed by atoms with Crippen LogP contribution in [0.3, 0.4) is 0 Å². The molecule has 0 unspecified atom stereocenters. The van der Waals surface area contributed by atoms with E-state index in [9.17, 15) is 18.4 Å². The number of carbonyl (C=O) groups is 2. The van der Waals surface area contributed by atoms with Gasteiger partial charge in [-0.2, -0.15) is 0 Å². The predicted molar refractivity (Wildman–Crippen MR) is 78.3 cm³/mol. The van der Waals surface area contributed by atoms with Crippen LogP contribution in [0.2, 0.25) is 0 Å². The van der Waals surface area contributed by atoms with Gasteiger partial charge in [0.15, 0.2) is 6.61 Å². The Morgan fingerprint density at radius 2 is 1.70 bits per heavy atom. The van der Waals surface area contributed by atoms with E-state index in [-0.39, 0.29) is 0 Å². The largest absolute Gasteiger partial charge is 0.495 e. The van der Waals surface area contributed by atoms with Gasteiger partial charge in [0.1, 0.15) is 22.9 Å². The van der Waals surface area contributed by atoms with E-state index in [1.54, 1.807) is 24.3 Å². The van der Waals surface area contributed by atoms with Crippen molar-refractivity contribution in [1.82, 2.24) is 0 Å². The summed E-state index contributed by atoms with van der Waals surface area (Å²) in [5.41, 5.74) is -0.453. The minimum atomic E-state index is -1.25. The van der Waals surface area contributed by atoms with Crippen molar-refractivity contribution >= 4 is 17.6 Å². The Morgan fingerprint density at radius 3 is 2.35 bits per heavy atom. The molecule has 0 aliphatic carbocycles. The van der Waals surface area contributed by atoms with E-state index in [1.807, 2.05) is 0 Å². The summed E-state index contributed by atoms with van der Waals surface area (Å²) in [6.07, 6.45) is 0. The number of anilines is 1. The number of nitrogens with one attached hydrogen (secondary N) is 1. The summed E-state index contributed by atoms with van der Waals surface area (Å²) >= 11 is 0. The molecule has 0 aliphatic rings. The van der Waals surface area contributed by atoms with Crippen LogP contribution in [-0.4, -0.2) is 25.6 Å². The number of ether oxygens (including phenoxy) is 2. The van der Waals surface area contributed by atoms with Crippen LogP contribution in [0.25, 0.3) is 0 Å². The fourth-order valence-corrected chi connectivity index (χ4v) is 1.83. The standard InChI is InChI=1S/C16H13F2NO4/c1-22-13-8-3-2-7-12(13)19-14(20)9-23-16(21)15-10(17)5-4-6-11(15)18/h2-8H,9H2,1H3,(H,19,20). The number of amides is 1. The fraction of sp³-hybridized carbons (Fsp3) is 0.125. The SMILES string of the molecule is COc1ccccc1NC(=O)COC(=O)c1c(F)cccc1F. The molecule has 7 heteroatoms. The second kappa shape index (κ2) is 7.35. The highest BCUT2D eigenvalue weighted by atomic mass is 19.1. The van der Waals surface area contributed by atoms with Crippen molar-refractivity contribution in [3.05, 3.63) is 59.7 Å². The van der Waals surface area contributed by atoms with Crippen LogP contribution in [0, 0.1) is 11.6 Å². The molecule has 0 bridgehead atoms. The fourth-order valence-electron chi connectivity index (χ4n) is 1.83. The van der Waals surface area contributed by atoms with Gasteiger partial charge in [-0.05, 0) is 24.3 Å². The predicted octanol–water partition coefficient (Wildman–Crippen LogP) is 2.77. The van der Waals surface area contributed by atoms with Gasteiger partial charge in [-0.25, -0.2) is 13.6 Å². The number of rotatable bonds is 5. The average Bonchev–Trinajstić information content (AvgIpc) is 2.53. The molecule has 0 saturated heterocycles. The summed E-state index contributed by atoms with van der Waals surface area (Å²) in [4.78, 5) is 23.4. The highest BCUT2D eigenvalue weighted by molar-refractivity contribution is 5.96. The highest BCUT2D eigenvalue weighted by Crippen LogP contribution is 2.22. The Hall–Kier alpha value is -2.96. The van der Waals surface area contributed by atoms with Crippen molar-refractivity contribution in [3.63, 3.8) is 0 Å². The molecule has 1 N–H and O–H groups in total. The van der Waals surface area contributed by atoms with Gasteiger partial charge in [0, 0.05) is 0 Å². The topological polar surface area (TPSA) is 64.6 Å². The number of hydrogen-bond donors (Lipinski definition) is 1. The molecule has 120 valence electrons. The minimum Gasteiger partial charge on any atom is -0.495 e. The summed E-state index contributed by atoms with van der Waals surface area (Å²) in [7, 11) is 1.44. The zero-order valence-electron chi connectivity index (χ0n) is 12.1. The molecule has 2 aromatic rings. The Labute approximate surface area is 130 Å². The number of halogens is 2. The molecule has 0 atom stereocenters. The number of para-hydroxylation sites is 2. The van der Waals surface area contributed by atoms with Gasteiger partial charge in [-0.15, -0.1) is 0 Å².